The second-order valence-electron chi connectivity index (χ2n) is 8.70. The van der Waals surface area contributed by atoms with Crippen LogP contribution in [0.25, 0.3) is 0 Å². The number of Topliss-reactive ketones (excluding diaryl/α,β-unsaturated/α-hetero) is 3. The summed E-state index contributed by atoms with van der Waals surface area (Å²) in [5.74, 6) is -4.72. The molecule has 0 amide bonds. The number of hydrogen-bond acceptors (Lipinski definition) is 11. The Bertz CT molecular complexity index is 591. The molecule has 0 spiro atoms. The van der Waals surface area contributed by atoms with Crippen molar-refractivity contribution in [2.24, 2.45) is 16.2 Å². The quantitative estimate of drug-likeness (QED) is 0.149. The molecule has 1 N–H and O–H groups in total. The van der Waals surface area contributed by atoms with Gasteiger partial charge in [0.1, 0.15) is 17.3 Å². The Hall–Kier alpha value is -1.95. The normalized spacial score (nSPS) is 10.4. The number of ketones is 3. The van der Waals surface area contributed by atoms with Gasteiger partial charge in [-0.25, -0.2) is 0 Å². The standard InChI is InChI=1S/3C8H14O3.C3H8.H2O2.Ti/c3*1-4-8(5-2,6(3)9)7(10)11;1-3-2;1-2;/h3*4-5H2,1-3H3,(H,10,11);3H2,1-2H3;1-2H;/q;;;;;+4/p-4. The Balaban J connectivity index is -0.000000134. The molecule has 0 saturated heterocycles. The predicted molar refractivity (Wildman–Crippen MR) is 136 cm³/mol. The zero-order valence-corrected chi connectivity index (χ0v) is 27.0. The van der Waals surface area contributed by atoms with Gasteiger partial charge in [-0.15, -0.1) is 0 Å². The molecule has 0 bridgehead atoms. The second-order valence-corrected chi connectivity index (χ2v) is 8.98. The third-order valence-corrected chi connectivity index (χ3v) is 6.82. The molecule has 0 aromatic carbocycles. The van der Waals surface area contributed by atoms with Crippen LogP contribution in [0.5, 0.6) is 0 Å². The summed E-state index contributed by atoms with van der Waals surface area (Å²) in [6.07, 6.45) is 3.09. The van der Waals surface area contributed by atoms with Crippen LogP contribution in [-0.2, 0) is 53.1 Å². The van der Waals surface area contributed by atoms with Gasteiger partial charge in [0.05, 0.1) is 34.2 Å². The topological polar surface area (TPSA) is 201 Å². The van der Waals surface area contributed by atoms with Gasteiger partial charge < -0.3 is 29.7 Å². The first-order chi connectivity index (χ1) is 17.9. The molecular formula is C27H48O11Ti. The van der Waals surface area contributed by atoms with Crippen molar-refractivity contribution in [3.05, 3.63) is 0 Å². The Morgan fingerprint density at radius 3 is 0.641 bits per heavy atom. The van der Waals surface area contributed by atoms with Gasteiger partial charge in [0.15, 0.2) is 0 Å². The van der Waals surface area contributed by atoms with Gasteiger partial charge in [-0.2, -0.15) is 0 Å². The van der Waals surface area contributed by atoms with Gasteiger partial charge in [-0.3, -0.25) is 14.4 Å². The van der Waals surface area contributed by atoms with Crippen LogP contribution in [0.1, 0.15) is 121 Å². The van der Waals surface area contributed by atoms with E-state index < -0.39 is 34.2 Å². The van der Waals surface area contributed by atoms with Gasteiger partial charge in [0.25, 0.3) is 0 Å². The van der Waals surface area contributed by atoms with Crippen LogP contribution in [0.15, 0.2) is 0 Å². The molecular weight excluding hydrogens is 548 g/mol. The van der Waals surface area contributed by atoms with Crippen LogP contribution < -0.4 is 15.3 Å². The van der Waals surface area contributed by atoms with Crippen molar-refractivity contribution in [3.8, 4) is 0 Å². The molecule has 0 aliphatic carbocycles. The summed E-state index contributed by atoms with van der Waals surface area (Å²) < 4.78 is 3.25. The van der Waals surface area contributed by atoms with Gasteiger partial charge in [0.2, 0.25) is 0 Å². The van der Waals surface area contributed by atoms with Crippen molar-refractivity contribution in [2.75, 3.05) is 0 Å². The first kappa shape index (κ1) is 46.9. The SMILES string of the molecule is CCC.CCC(CC)(C(C)=O)C(=O)[O-].CCC(CC)(C(C)=O)C(=O)[O-].CCC(CC)(C(C)=O)C(=O)[O-].O[O][Ti+3]. The molecule has 12 heteroatoms. The van der Waals surface area contributed by atoms with Crippen LogP contribution in [-0.4, -0.2) is 40.5 Å². The van der Waals surface area contributed by atoms with E-state index in [4.69, 9.17) is 5.26 Å². The van der Waals surface area contributed by atoms with E-state index in [9.17, 15) is 44.1 Å². The Morgan fingerprint density at radius 2 is 0.641 bits per heavy atom. The molecule has 0 rings (SSSR count). The van der Waals surface area contributed by atoms with Crippen LogP contribution >= 0.6 is 0 Å². The number of carboxylic acids is 3. The number of carbonyl (C=O) groups is 6. The Labute approximate surface area is 245 Å². The van der Waals surface area contributed by atoms with E-state index in [1.165, 1.54) is 48.0 Å². The van der Waals surface area contributed by atoms with Gasteiger partial charge in [-0.05, 0) is 59.3 Å². The van der Waals surface area contributed by atoms with Crippen molar-refractivity contribution < 1.29 is 73.6 Å². The van der Waals surface area contributed by atoms with Crippen molar-refractivity contribution in [2.45, 2.75) is 121 Å². The monoisotopic (exact) mass is 596 g/mol. The third kappa shape index (κ3) is 15.4. The number of hydrogen-bond donors (Lipinski definition) is 1. The first-order valence-electron chi connectivity index (χ1n) is 13.0. The summed E-state index contributed by atoms with van der Waals surface area (Å²) in [4.78, 5) is 64.6. The summed E-state index contributed by atoms with van der Waals surface area (Å²) in [7, 11) is 0. The van der Waals surface area contributed by atoms with Crippen molar-refractivity contribution >= 4 is 35.3 Å². The first-order valence-corrected chi connectivity index (χ1v) is 13.6. The van der Waals surface area contributed by atoms with E-state index in [0.29, 0.717) is 38.5 Å². The molecule has 39 heavy (non-hydrogen) atoms. The Kier molecular flexibility index (Phi) is 30.1. The molecule has 0 radical (unpaired) electrons. The van der Waals surface area contributed by atoms with Crippen LogP contribution in [0.3, 0.4) is 0 Å². The zero-order valence-electron chi connectivity index (χ0n) is 25.5. The van der Waals surface area contributed by atoms with Crippen molar-refractivity contribution in [1.82, 2.24) is 0 Å². The zero-order chi connectivity index (χ0) is 32.6. The van der Waals surface area contributed by atoms with E-state index in [0.717, 1.165) is 0 Å². The number of carboxylic acid groups (broad SMARTS) is 3. The molecule has 11 nitrogen and oxygen atoms in total. The Morgan fingerprint density at radius 1 is 0.538 bits per heavy atom. The van der Waals surface area contributed by atoms with Gasteiger partial charge in [-0.1, -0.05) is 61.8 Å². The maximum atomic E-state index is 10.9. The maximum absolute atomic E-state index is 10.9. The average Bonchev–Trinajstić information content (AvgIpc) is 2.83. The molecule has 0 unspecified atom stereocenters. The summed E-state index contributed by atoms with van der Waals surface area (Å²) >= 11 is 1.18. The molecule has 0 aliphatic heterocycles. The number of aliphatic carboxylic acids is 3. The van der Waals surface area contributed by atoms with Crippen LogP contribution in [0.2, 0.25) is 0 Å². The fraction of sp³-hybridized carbons (Fsp3) is 0.778. The minimum atomic E-state index is -1.25. The van der Waals surface area contributed by atoms with E-state index in [-0.39, 0.29) is 17.3 Å². The average molecular weight is 597 g/mol. The molecule has 226 valence electrons. The third-order valence-electron chi connectivity index (χ3n) is 6.82. The summed E-state index contributed by atoms with van der Waals surface area (Å²) in [6, 6.07) is 0. The van der Waals surface area contributed by atoms with Crippen molar-refractivity contribution in [1.29, 1.82) is 0 Å². The molecule has 0 aliphatic rings. The predicted octanol–water partition coefficient (Wildman–Crippen LogP) is 1.75. The van der Waals surface area contributed by atoms with Crippen LogP contribution in [0.4, 0.5) is 0 Å². The fourth-order valence-corrected chi connectivity index (χ4v) is 3.54. The van der Waals surface area contributed by atoms with E-state index in [1.54, 1.807) is 41.5 Å². The number of rotatable bonds is 12. The molecule has 0 aromatic heterocycles. The fourth-order valence-electron chi connectivity index (χ4n) is 3.54. The molecule has 0 aromatic rings. The van der Waals surface area contributed by atoms with Crippen LogP contribution in [0, 0.1) is 16.2 Å². The molecule has 0 fully saturated rings. The molecule has 0 saturated carbocycles. The number of carbonyl (C=O) groups excluding carboxylic acids is 6. The molecule has 0 heterocycles. The van der Waals surface area contributed by atoms with Gasteiger partial charge >= 0.3 is 29.5 Å². The summed E-state index contributed by atoms with van der Waals surface area (Å²) in [5.41, 5.74) is -3.75. The van der Waals surface area contributed by atoms with Gasteiger partial charge in [0, 0.05) is 0 Å². The van der Waals surface area contributed by atoms with E-state index >= 15 is 0 Å². The van der Waals surface area contributed by atoms with E-state index in [1.807, 2.05) is 0 Å². The molecule has 0 atom stereocenters. The second kappa shape index (κ2) is 25.1. The minimum absolute atomic E-state index is 0.307. The summed E-state index contributed by atoms with van der Waals surface area (Å²) in [5, 5.41) is 38.8. The van der Waals surface area contributed by atoms with Crippen molar-refractivity contribution in [3.63, 3.8) is 0 Å². The summed E-state index contributed by atoms with van der Waals surface area (Å²) in [6.45, 7) is 18.2. The van der Waals surface area contributed by atoms with E-state index in [2.05, 4.69) is 17.3 Å².